The zero-order chi connectivity index (χ0) is 10.6. The van der Waals surface area contributed by atoms with Gasteiger partial charge in [0.1, 0.15) is 0 Å². The van der Waals surface area contributed by atoms with Gasteiger partial charge in [0.25, 0.3) is 0 Å². The van der Waals surface area contributed by atoms with Crippen LogP contribution in [-0.4, -0.2) is 22.6 Å². The van der Waals surface area contributed by atoms with Gasteiger partial charge in [-0.25, -0.2) is 0 Å². The molecule has 0 saturated heterocycles. The Kier molecular flexibility index (Phi) is 3.59. The summed E-state index contributed by atoms with van der Waals surface area (Å²) in [6.07, 6.45) is 2.99. The van der Waals surface area contributed by atoms with E-state index in [0.29, 0.717) is 11.1 Å². The van der Waals surface area contributed by atoms with Gasteiger partial charge in [0.2, 0.25) is 5.91 Å². The van der Waals surface area contributed by atoms with Gasteiger partial charge < -0.3 is 5.73 Å². The number of nitrogens with two attached hydrogens (primary N) is 1. The summed E-state index contributed by atoms with van der Waals surface area (Å²) in [5.41, 5.74) is 5.96. The van der Waals surface area contributed by atoms with Gasteiger partial charge in [0.05, 0.1) is 5.88 Å². The summed E-state index contributed by atoms with van der Waals surface area (Å²) in [6.45, 7) is 0. The van der Waals surface area contributed by atoms with E-state index in [1.54, 1.807) is 0 Å². The summed E-state index contributed by atoms with van der Waals surface area (Å²) < 4.78 is 0. The zero-order valence-electron chi connectivity index (χ0n) is 7.37. The molecule has 1 amide bonds. The van der Waals surface area contributed by atoms with E-state index in [1.165, 1.54) is 18.5 Å². The Balaban J connectivity index is 2.95. The van der Waals surface area contributed by atoms with Gasteiger partial charge in [0, 0.05) is 24.4 Å². The molecule has 1 heterocycles. The SMILES string of the molecule is NC(=O)c1ccncc1CC(=O)CCl. The van der Waals surface area contributed by atoms with Crippen molar-refractivity contribution >= 4 is 23.3 Å². The monoisotopic (exact) mass is 212 g/mol. The molecule has 0 aliphatic carbocycles. The van der Waals surface area contributed by atoms with Crippen molar-refractivity contribution in [1.29, 1.82) is 0 Å². The first-order valence-electron chi connectivity index (χ1n) is 3.95. The molecule has 74 valence electrons. The Hall–Kier alpha value is -1.42. The van der Waals surface area contributed by atoms with Gasteiger partial charge in [-0.15, -0.1) is 11.6 Å². The van der Waals surface area contributed by atoms with Crippen molar-refractivity contribution in [2.45, 2.75) is 6.42 Å². The number of aromatic nitrogens is 1. The molecule has 4 nitrogen and oxygen atoms in total. The standard InChI is InChI=1S/C9H9ClN2O2/c10-4-7(13)3-6-5-12-2-1-8(6)9(11)14/h1-2,5H,3-4H2,(H2,11,14). The molecule has 0 unspecified atom stereocenters. The van der Waals surface area contributed by atoms with Crippen LogP contribution < -0.4 is 5.73 Å². The highest BCUT2D eigenvalue weighted by Crippen LogP contribution is 2.07. The van der Waals surface area contributed by atoms with Gasteiger partial charge in [-0.1, -0.05) is 0 Å². The Labute approximate surface area is 86.1 Å². The first-order chi connectivity index (χ1) is 6.65. The number of primary amides is 1. The first kappa shape index (κ1) is 10.7. The molecule has 0 spiro atoms. The van der Waals surface area contributed by atoms with Crippen LogP contribution in [0.4, 0.5) is 0 Å². The molecule has 1 aromatic rings. The summed E-state index contributed by atoms with van der Waals surface area (Å²) in [4.78, 5) is 25.8. The topological polar surface area (TPSA) is 73.1 Å². The fraction of sp³-hybridized carbons (Fsp3) is 0.222. The van der Waals surface area contributed by atoms with Crippen LogP contribution >= 0.6 is 11.6 Å². The molecule has 14 heavy (non-hydrogen) atoms. The lowest BCUT2D eigenvalue weighted by molar-refractivity contribution is -0.116. The number of Topliss-reactive ketones (excluding diaryl/α,β-unsaturated/α-hetero) is 1. The van der Waals surface area contributed by atoms with E-state index in [0.717, 1.165) is 0 Å². The van der Waals surface area contributed by atoms with E-state index in [2.05, 4.69) is 4.98 Å². The average molecular weight is 213 g/mol. The molecule has 0 saturated carbocycles. The summed E-state index contributed by atoms with van der Waals surface area (Å²) >= 11 is 5.35. The second-order valence-electron chi connectivity index (χ2n) is 2.75. The number of carbonyl (C=O) groups is 2. The highest BCUT2D eigenvalue weighted by Gasteiger charge is 2.10. The maximum atomic E-state index is 11.0. The summed E-state index contributed by atoms with van der Waals surface area (Å²) in [5.74, 6) is -0.806. The smallest absolute Gasteiger partial charge is 0.249 e. The minimum absolute atomic E-state index is 0.0763. The number of amides is 1. The second-order valence-corrected chi connectivity index (χ2v) is 3.01. The summed E-state index contributed by atoms with van der Waals surface area (Å²) in [5, 5.41) is 0. The molecule has 0 aliphatic heterocycles. The molecule has 0 aromatic carbocycles. The van der Waals surface area contributed by atoms with Crippen molar-refractivity contribution in [3.63, 3.8) is 0 Å². The van der Waals surface area contributed by atoms with Crippen molar-refractivity contribution < 1.29 is 9.59 Å². The fourth-order valence-corrected chi connectivity index (χ4v) is 1.16. The molecule has 5 heteroatoms. The van der Waals surface area contributed by atoms with E-state index in [4.69, 9.17) is 17.3 Å². The number of alkyl halides is 1. The van der Waals surface area contributed by atoms with E-state index < -0.39 is 5.91 Å². The number of carbonyl (C=O) groups excluding carboxylic acids is 2. The lowest BCUT2D eigenvalue weighted by atomic mass is 10.1. The first-order valence-corrected chi connectivity index (χ1v) is 4.49. The predicted molar refractivity (Wildman–Crippen MR) is 52.2 cm³/mol. The van der Waals surface area contributed by atoms with Crippen molar-refractivity contribution in [3.05, 3.63) is 29.6 Å². The van der Waals surface area contributed by atoms with Crippen molar-refractivity contribution in [2.75, 3.05) is 5.88 Å². The van der Waals surface area contributed by atoms with E-state index in [1.807, 2.05) is 0 Å². The molecular weight excluding hydrogens is 204 g/mol. The van der Waals surface area contributed by atoms with E-state index in [9.17, 15) is 9.59 Å². The van der Waals surface area contributed by atoms with Crippen LogP contribution in [0.1, 0.15) is 15.9 Å². The van der Waals surface area contributed by atoms with E-state index in [-0.39, 0.29) is 18.1 Å². The molecule has 2 N–H and O–H groups in total. The third kappa shape index (κ3) is 2.53. The maximum Gasteiger partial charge on any atom is 0.249 e. The number of ketones is 1. The molecular formula is C9H9ClN2O2. The van der Waals surface area contributed by atoms with Crippen LogP contribution in [-0.2, 0) is 11.2 Å². The van der Waals surface area contributed by atoms with Crippen LogP contribution in [0.5, 0.6) is 0 Å². The molecule has 1 aromatic heterocycles. The van der Waals surface area contributed by atoms with E-state index >= 15 is 0 Å². The highest BCUT2D eigenvalue weighted by molar-refractivity contribution is 6.27. The number of nitrogens with zero attached hydrogens (tertiary/aromatic N) is 1. The van der Waals surface area contributed by atoms with Crippen molar-refractivity contribution in [2.24, 2.45) is 5.73 Å². The Morgan fingerprint density at radius 1 is 1.50 bits per heavy atom. The average Bonchev–Trinajstić information content (AvgIpc) is 2.18. The Bertz CT molecular complexity index is 366. The predicted octanol–water partition coefficient (Wildman–Crippen LogP) is 0.531. The third-order valence-electron chi connectivity index (χ3n) is 1.71. The van der Waals surface area contributed by atoms with Crippen molar-refractivity contribution in [3.8, 4) is 0 Å². The quantitative estimate of drug-likeness (QED) is 0.740. The molecule has 0 aliphatic rings. The lowest BCUT2D eigenvalue weighted by Crippen LogP contribution is -2.16. The van der Waals surface area contributed by atoms with Crippen LogP contribution in [0.3, 0.4) is 0 Å². The lowest BCUT2D eigenvalue weighted by Gasteiger charge is -2.03. The van der Waals surface area contributed by atoms with Crippen LogP contribution in [0.15, 0.2) is 18.5 Å². The number of hydrogen-bond donors (Lipinski definition) is 1. The minimum Gasteiger partial charge on any atom is -0.366 e. The van der Waals surface area contributed by atoms with Gasteiger partial charge in [-0.05, 0) is 11.6 Å². The second kappa shape index (κ2) is 4.72. The molecule has 0 bridgehead atoms. The van der Waals surface area contributed by atoms with Gasteiger partial charge >= 0.3 is 0 Å². The largest absolute Gasteiger partial charge is 0.366 e. The Morgan fingerprint density at radius 3 is 2.79 bits per heavy atom. The van der Waals surface area contributed by atoms with Crippen molar-refractivity contribution in [1.82, 2.24) is 4.98 Å². The highest BCUT2D eigenvalue weighted by atomic mass is 35.5. The minimum atomic E-state index is -0.565. The normalized spacial score (nSPS) is 9.79. The van der Waals surface area contributed by atoms with Crippen LogP contribution in [0, 0.1) is 0 Å². The number of hydrogen-bond acceptors (Lipinski definition) is 3. The van der Waals surface area contributed by atoms with Crippen LogP contribution in [0.25, 0.3) is 0 Å². The molecule has 0 fully saturated rings. The molecule has 0 atom stereocenters. The zero-order valence-corrected chi connectivity index (χ0v) is 8.12. The number of halogens is 1. The summed E-state index contributed by atoms with van der Waals surface area (Å²) in [7, 11) is 0. The Morgan fingerprint density at radius 2 is 2.21 bits per heavy atom. The molecule has 0 radical (unpaired) electrons. The van der Waals surface area contributed by atoms with Gasteiger partial charge in [-0.3, -0.25) is 14.6 Å². The fourth-order valence-electron chi connectivity index (χ4n) is 1.07. The number of pyridine rings is 1. The maximum absolute atomic E-state index is 11.0. The van der Waals surface area contributed by atoms with Gasteiger partial charge in [0.15, 0.2) is 5.78 Å². The van der Waals surface area contributed by atoms with Gasteiger partial charge in [-0.2, -0.15) is 0 Å². The third-order valence-corrected chi connectivity index (χ3v) is 2.00. The molecule has 1 rings (SSSR count). The summed E-state index contributed by atoms with van der Waals surface area (Å²) in [6, 6.07) is 1.49. The van der Waals surface area contributed by atoms with Crippen LogP contribution in [0.2, 0.25) is 0 Å². The number of rotatable bonds is 4.